The van der Waals surface area contributed by atoms with Crippen molar-refractivity contribution in [2.45, 2.75) is 13.3 Å². The minimum atomic E-state index is -0.753. The molecule has 0 atom stereocenters. The molecule has 4 rings (SSSR count). The van der Waals surface area contributed by atoms with Gasteiger partial charge in [0.2, 0.25) is 0 Å². The maximum Gasteiger partial charge on any atom is 0.349 e. The van der Waals surface area contributed by atoms with Crippen LogP contribution in [0.1, 0.15) is 31.8 Å². The zero-order valence-corrected chi connectivity index (χ0v) is 17.5. The smallest absolute Gasteiger partial charge is 0.349 e. The number of carbonyl (C=O) groups is 2. The molecule has 4 aromatic rings. The van der Waals surface area contributed by atoms with Crippen LogP contribution in [0.2, 0.25) is 0 Å². The van der Waals surface area contributed by atoms with E-state index in [1.165, 1.54) is 12.1 Å². The molecule has 1 amide bonds. The lowest BCUT2D eigenvalue weighted by Gasteiger charge is -2.07. The summed E-state index contributed by atoms with van der Waals surface area (Å²) in [6.07, 6.45) is 0.654. The molecule has 0 saturated carbocycles. The molecule has 0 radical (unpaired) electrons. The zero-order chi connectivity index (χ0) is 22.5. The Bertz CT molecular complexity index is 1320. The maximum absolute atomic E-state index is 12.5. The van der Waals surface area contributed by atoms with Gasteiger partial charge in [-0.25, -0.2) is 9.59 Å². The third kappa shape index (κ3) is 4.92. The molecule has 1 aromatic heterocycles. The van der Waals surface area contributed by atoms with Gasteiger partial charge < -0.3 is 14.5 Å². The van der Waals surface area contributed by atoms with E-state index in [9.17, 15) is 14.4 Å². The standard InChI is InChI=1S/C26H21NO5/c1-17-7-9-19(10-8-17)25(29)31-21-12-11-20-15-22(26(30)32-23(20)16-21)24(28)27-14-13-18-5-3-2-4-6-18/h2-12,15-16H,13-14H2,1H3,(H,27,28). The number of rotatable bonds is 6. The van der Waals surface area contributed by atoms with Crippen LogP contribution in [0.4, 0.5) is 0 Å². The molecule has 0 fully saturated rings. The molecule has 0 aliphatic heterocycles. The Hall–Kier alpha value is -4.19. The van der Waals surface area contributed by atoms with Gasteiger partial charge in [-0.15, -0.1) is 0 Å². The Balaban J connectivity index is 1.46. The second-order valence-corrected chi connectivity index (χ2v) is 7.39. The van der Waals surface area contributed by atoms with Crippen molar-refractivity contribution in [3.05, 3.63) is 112 Å². The fourth-order valence-electron chi connectivity index (χ4n) is 3.23. The van der Waals surface area contributed by atoms with Gasteiger partial charge >= 0.3 is 11.6 Å². The third-order valence-corrected chi connectivity index (χ3v) is 4.99. The molecule has 32 heavy (non-hydrogen) atoms. The van der Waals surface area contributed by atoms with Crippen molar-refractivity contribution in [2.75, 3.05) is 6.54 Å². The van der Waals surface area contributed by atoms with Gasteiger partial charge in [-0.05, 0) is 49.2 Å². The number of amides is 1. The van der Waals surface area contributed by atoms with Gasteiger partial charge in [0.05, 0.1) is 5.56 Å². The van der Waals surface area contributed by atoms with Gasteiger partial charge in [0.25, 0.3) is 5.91 Å². The Morgan fingerprint density at radius 3 is 2.44 bits per heavy atom. The van der Waals surface area contributed by atoms with Crippen molar-refractivity contribution in [3.8, 4) is 5.75 Å². The molecular weight excluding hydrogens is 406 g/mol. The molecule has 0 spiro atoms. The van der Waals surface area contributed by atoms with Crippen molar-refractivity contribution in [1.29, 1.82) is 0 Å². The second kappa shape index (κ2) is 9.31. The number of hydrogen-bond acceptors (Lipinski definition) is 5. The molecule has 0 bridgehead atoms. The quantitative estimate of drug-likeness (QED) is 0.282. The minimum Gasteiger partial charge on any atom is -0.423 e. The summed E-state index contributed by atoms with van der Waals surface area (Å²) in [6.45, 7) is 2.33. The van der Waals surface area contributed by atoms with E-state index in [-0.39, 0.29) is 16.9 Å². The predicted molar refractivity (Wildman–Crippen MR) is 121 cm³/mol. The topological polar surface area (TPSA) is 85.6 Å². The van der Waals surface area contributed by atoms with E-state index in [0.29, 0.717) is 23.9 Å². The van der Waals surface area contributed by atoms with Gasteiger partial charge in [-0.2, -0.15) is 0 Å². The normalized spacial score (nSPS) is 10.7. The molecule has 160 valence electrons. The molecule has 0 aliphatic carbocycles. The highest BCUT2D eigenvalue weighted by Gasteiger charge is 2.15. The Kier molecular flexibility index (Phi) is 6.12. The molecule has 6 heteroatoms. The van der Waals surface area contributed by atoms with Crippen LogP contribution in [0.25, 0.3) is 11.0 Å². The van der Waals surface area contributed by atoms with E-state index < -0.39 is 17.5 Å². The number of esters is 1. The number of nitrogens with one attached hydrogen (secondary N) is 1. The highest BCUT2D eigenvalue weighted by atomic mass is 16.5. The minimum absolute atomic E-state index is 0.0741. The Labute approximate surface area is 184 Å². The summed E-state index contributed by atoms with van der Waals surface area (Å²) in [5, 5.41) is 3.29. The lowest BCUT2D eigenvalue weighted by atomic mass is 10.1. The van der Waals surface area contributed by atoms with Gasteiger partial charge in [-0.1, -0.05) is 48.0 Å². The Morgan fingerprint density at radius 1 is 0.938 bits per heavy atom. The fourth-order valence-corrected chi connectivity index (χ4v) is 3.23. The first-order valence-corrected chi connectivity index (χ1v) is 10.2. The van der Waals surface area contributed by atoms with E-state index in [1.54, 1.807) is 24.3 Å². The molecule has 0 saturated heterocycles. The van der Waals surface area contributed by atoms with Crippen LogP contribution in [0, 0.1) is 6.92 Å². The van der Waals surface area contributed by atoms with Crippen LogP contribution in [-0.4, -0.2) is 18.4 Å². The molecule has 3 aromatic carbocycles. The number of fused-ring (bicyclic) bond motifs is 1. The first-order valence-electron chi connectivity index (χ1n) is 10.2. The summed E-state index contributed by atoms with van der Waals surface area (Å²) in [4.78, 5) is 37.1. The summed E-state index contributed by atoms with van der Waals surface area (Å²) in [5.74, 6) is -0.765. The van der Waals surface area contributed by atoms with Crippen LogP contribution in [-0.2, 0) is 6.42 Å². The van der Waals surface area contributed by atoms with E-state index in [1.807, 2.05) is 49.4 Å². The average molecular weight is 427 g/mol. The number of benzene rings is 3. The van der Waals surface area contributed by atoms with Gasteiger partial charge in [-0.3, -0.25) is 4.79 Å². The van der Waals surface area contributed by atoms with Crippen LogP contribution < -0.4 is 15.7 Å². The molecule has 1 heterocycles. The lowest BCUT2D eigenvalue weighted by molar-refractivity contribution is 0.0734. The van der Waals surface area contributed by atoms with E-state index >= 15 is 0 Å². The number of aryl methyl sites for hydroxylation is 1. The molecule has 0 aliphatic rings. The van der Waals surface area contributed by atoms with E-state index in [2.05, 4.69) is 5.32 Å². The van der Waals surface area contributed by atoms with E-state index in [0.717, 1.165) is 11.1 Å². The number of hydrogen-bond donors (Lipinski definition) is 1. The van der Waals surface area contributed by atoms with Crippen molar-refractivity contribution in [2.24, 2.45) is 0 Å². The molecule has 1 N–H and O–H groups in total. The van der Waals surface area contributed by atoms with E-state index in [4.69, 9.17) is 9.15 Å². The highest BCUT2D eigenvalue weighted by Crippen LogP contribution is 2.21. The zero-order valence-electron chi connectivity index (χ0n) is 17.5. The van der Waals surface area contributed by atoms with Crippen LogP contribution in [0.3, 0.4) is 0 Å². The fraction of sp³-hybridized carbons (Fsp3) is 0.115. The largest absolute Gasteiger partial charge is 0.423 e. The highest BCUT2D eigenvalue weighted by molar-refractivity contribution is 5.97. The summed E-state index contributed by atoms with van der Waals surface area (Å²) in [7, 11) is 0. The summed E-state index contributed by atoms with van der Waals surface area (Å²) < 4.78 is 10.7. The van der Waals surface area contributed by atoms with Crippen molar-refractivity contribution in [3.63, 3.8) is 0 Å². The number of ether oxygens (including phenoxy) is 1. The SMILES string of the molecule is Cc1ccc(C(=O)Oc2ccc3cc(C(=O)NCCc4ccccc4)c(=O)oc3c2)cc1. The predicted octanol–water partition coefficient (Wildman–Crippen LogP) is 4.29. The average Bonchev–Trinajstić information content (AvgIpc) is 2.79. The van der Waals surface area contributed by atoms with Crippen LogP contribution in [0.5, 0.6) is 5.75 Å². The Morgan fingerprint density at radius 2 is 1.69 bits per heavy atom. The van der Waals surface area contributed by atoms with Gasteiger partial charge in [0.1, 0.15) is 16.9 Å². The van der Waals surface area contributed by atoms with Gasteiger partial charge in [0.15, 0.2) is 0 Å². The summed E-state index contributed by atoms with van der Waals surface area (Å²) in [6, 6.07) is 22.9. The second-order valence-electron chi connectivity index (χ2n) is 7.39. The van der Waals surface area contributed by atoms with Crippen molar-refractivity contribution >= 4 is 22.8 Å². The summed E-state index contributed by atoms with van der Waals surface area (Å²) in [5.41, 5.74) is 1.94. The molecule has 6 nitrogen and oxygen atoms in total. The monoisotopic (exact) mass is 427 g/mol. The maximum atomic E-state index is 12.5. The van der Waals surface area contributed by atoms with Crippen LogP contribution >= 0.6 is 0 Å². The van der Waals surface area contributed by atoms with Crippen molar-refractivity contribution < 1.29 is 18.7 Å². The van der Waals surface area contributed by atoms with Gasteiger partial charge in [0, 0.05) is 18.0 Å². The first-order chi connectivity index (χ1) is 15.5. The lowest BCUT2D eigenvalue weighted by Crippen LogP contribution is -2.29. The van der Waals surface area contributed by atoms with Crippen LogP contribution in [0.15, 0.2) is 88.1 Å². The van der Waals surface area contributed by atoms with Crippen molar-refractivity contribution in [1.82, 2.24) is 5.32 Å². The third-order valence-electron chi connectivity index (χ3n) is 4.99. The number of carbonyl (C=O) groups excluding carboxylic acids is 2. The molecule has 0 unspecified atom stereocenters. The first kappa shape index (κ1) is 21.1. The molecular formula is C26H21NO5. The summed E-state index contributed by atoms with van der Waals surface area (Å²) >= 11 is 0.